The van der Waals surface area contributed by atoms with E-state index >= 15 is 0 Å². The van der Waals surface area contributed by atoms with E-state index in [2.05, 4.69) is 4.98 Å². The summed E-state index contributed by atoms with van der Waals surface area (Å²) in [5.74, 6) is -0.589. The molecule has 0 saturated carbocycles. The average Bonchev–Trinajstić information content (AvgIpc) is 3.44. The molecule has 2 N–H and O–H groups in total. The zero-order valence-electron chi connectivity index (χ0n) is 23.0. The van der Waals surface area contributed by atoms with E-state index < -0.39 is 11.7 Å². The van der Waals surface area contributed by atoms with Crippen LogP contribution in [-0.2, 0) is 11.3 Å². The smallest absolute Gasteiger partial charge is 0.407 e. The van der Waals surface area contributed by atoms with Crippen LogP contribution in [0, 0.1) is 5.92 Å². The summed E-state index contributed by atoms with van der Waals surface area (Å²) in [4.78, 5) is 46.4. The monoisotopic (exact) mass is 589 g/mol. The van der Waals surface area contributed by atoms with Crippen molar-refractivity contribution >= 4 is 34.6 Å². The van der Waals surface area contributed by atoms with Crippen LogP contribution in [0.4, 0.5) is 4.79 Å². The zero-order chi connectivity index (χ0) is 29.4. The van der Waals surface area contributed by atoms with Gasteiger partial charge < -0.3 is 24.6 Å². The third-order valence-electron chi connectivity index (χ3n) is 8.67. The number of halogens is 1. The number of hydrogen-bond acceptors (Lipinski definition) is 5. The van der Waals surface area contributed by atoms with Crippen LogP contribution in [0.5, 0.6) is 0 Å². The summed E-state index contributed by atoms with van der Waals surface area (Å²) < 4.78 is 3.26. The van der Waals surface area contributed by atoms with Crippen molar-refractivity contribution in [2.24, 2.45) is 5.92 Å². The molecular formula is C31H32ClN5O5. The van der Waals surface area contributed by atoms with E-state index in [1.54, 1.807) is 29.3 Å². The Morgan fingerprint density at radius 2 is 1.69 bits per heavy atom. The fraction of sp³-hybridized carbons (Fsp3) is 0.355. The van der Waals surface area contributed by atoms with Gasteiger partial charge in [0.25, 0.3) is 5.56 Å². The molecule has 2 aliphatic rings. The van der Waals surface area contributed by atoms with Crippen molar-refractivity contribution in [1.29, 1.82) is 0 Å². The maximum Gasteiger partial charge on any atom is 0.407 e. The summed E-state index contributed by atoms with van der Waals surface area (Å²) in [7, 11) is 0. The predicted molar refractivity (Wildman–Crippen MR) is 158 cm³/mol. The Balaban J connectivity index is 1.15. The molecule has 0 bridgehead atoms. The van der Waals surface area contributed by atoms with E-state index in [9.17, 15) is 24.6 Å². The molecule has 4 heterocycles. The number of rotatable bonds is 5. The Morgan fingerprint density at radius 3 is 2.38 bits per heavy atom. The average molecular weight is 590 g/mol. The van der Waals surface area contributed by atoms with E-state index in [0.717, 1.165) is 11.3 Å². The number of amides is 2. The summed E-state index contributed by atoms with van der Waals surface area (Å²) in [5, 5.41) is 22.1. The topological polar surface area (TPSA) is 121 Å². The molecule has 2 amide bonds. The van der Waals surface area contributed by atoms with Crippen LogP contribution in [0.3, 0.4) is 0 Å². The molecular weight excluding hydrogens is 558 g/mol. The minimum atomic E-state index is -1.17. The van der Waals surface area contributed by atoms with Gasteiger partial charge in [0.15, 0.2) is 5.65 Å². The van der Waals surface area contributed by atoms with Gasteiger partial charge in [-0.25, -0.2) is 9.78 Å². The van der Waals surface area contributed by atoms with Crippen LogP contribution in [0.1, 0.15) is 30.7 Å². The van der Waals surface area contributed by atoms with E-state index in [-0.39, 0.29) is 36.4 Å². The molecule has 0 aliphatic carbocycles. The molecule has 2 aromatic heterocycles. The number of hydrogen-bond donors (Lipinski definition) is 2. The maximum absolute atomic E-state index is 13.7. The lowest BCUT2D eigenvalue weighted by Gasteiger charge is -2.42. The van der Waals surface area contributed by atoms with Crippen molar-refractivity contribution in [2.75, 3.05) is 26.2 Å². The molecule has 4 aromatic rings. The first-order valence-corrected chi connectivity index (χ1v) is 14.5. The molecule has 10 nitrogen and oxygen atoms in total. The molecule has 6 rings (SSSR count). The van der Waals surface area contributed by atoms with Crippen molar-refractivity contribution < 1.29 is 19.8 Å². The van der Waals surface area contributed by atoms with Gasteiger partial charge in [-0.3, -0.25) is 14.2 Å². The third-order valence-corrected chi connectivity index (χ3v) is 8.93. The van der Waals surface area contributed by atoms with Gasteiger partial charge in [0.2, 0.25) is 5.91 Å². The first-order chi connectivity index (χ1) is 20.2. The van der Waals surface area contributed by atoms with Crippen LogP contribution < -0.4 is 5.56 Å². The molecule has 218 valence electrons. The Kier molecular flexibility index (Phi) is 7.51. The number of aromatic nitrogens is 3. The normalized spacial score (nSPS) is 20.5. The predicted octanol–water partition coefficient (Wildman–Crippen LogP) is 3.98. The minimum Gasteiger partial charge on any atom is -0.465 e. The second-order valence-corrected chi connectivity index (χ2v) is 11.7. The van der Waals surface area contributed by atoms with Crippen LogP contribution >= 0.6 is 11.6 Å². The number of aliphatic hydroxyl groups is 1. The second kappa shape index (κ2) is 11.3. The summed E-state index contributed by atoms with van der Waals surface area (Å²) in [6.07, 6.45) is 3.36. The zero-order valence-corrected chi connectivity index (χ0v) is 23.7. The highest BCUT2D eigenvalue weighted by atomic mass is 35.5. The third kappa shape index (κ3) is 5.39. The lowest BCUT2D eigenvalue weighted by atomic mass is 9.79. The largest absolute Gasteiger partial charge is 0.465 e. The van der Waals surface area contributed by atoms with Gasteiger partial charge in [-0.1, -0.05) is 41.9 Å². The van der Waals surface area contributed by atoms with Gasteiger partial charge in [-0.15, -0.1) is 0 Å². The Hall–Kier alpha value is -4.15. The molecule has 2 aromatic carbocycles. The number of piperidine rings is 2. The van der Waals surface area contributed by atoms with Gasteiger partial charge >= 0.3 is 6.09 Å². The van der Waals surface area contributed by atoms with E-state index in [0.29, 0.717) is 55.0 Å². The standard InChI is InChI=1S/C31H32ClN5O5/c32-22-6-8-23(9-7-22)37-15-11-25-27(37)33-20-36(29(25)39)19-31(42)12-16-34(17-13-31)28(38)24-10-14-35(30(40)41)18-26(24)21-4-2-1-3-5-21/h1-9,11,15,20,24,26,42H,10,12-14,16-19H2,(H,40,41)/t24-,26+/m1/s1. The van der Waals surface area contributed by atoms with Crippen LogP contribution in [0.15, 0.2) is 78.0 Å². The number of likely N-dealkylation sites (tertiary alicyclic amines) is 2. The first kappa shape index (κ1) is 28.0. The highest BCUT2D eigenvalue weighted by molar-refractivity contribution is 6.30. The van der Waals surface area contributed by atoms with E-state index in [1.807, 2.05) is 47.0 Å². The number of fused-ring (bicyclic) bond motifs is 1. The van der Waals surface area contributed by atoms with Crippen molar-refractivity contribution in [3.63, 3.8) is 0 Å². The van der Waals surface area contributed by atoms with Gasteiger partial charge in [0.05, 0.1) is 17.5 Å². The molecule has 2 saturated heterocycles. The van der Waals surface area contributed by atoms with Crippen molar-refractivity contribution in [3.05, 3.63) is 94.1 Å². The van der Waals surface area contributed by atoms with Crippen molar-refractivity contribution in [3.8, 4) is 5.69 Å². The Bertz CT molecular complexity index is 1660. The molecule has 2 fully saturated rings. The van der Waals surface area contributed by atoms with Gasteiger partial charge in [-0.05, 0) is 55.2 Å². The summed E-state index contributed by atoms with van der Waals surface area (Å²) >= 11 is 6.01. The van der Waals surface area contributed by atoms with E-state index in [1.165, 1.54) is 15.8 Å². The maximum atomic E-state index is 13.7. The quantitative estimate of drug-likeness (QED) is 0.363. The first-order valence-electron chi connectivity index (χ1n) is 14.1. The number of carbonyl (C=O) groups is 2. The minimum absolute atomic E-state index is 0.0141. The summed E-state index contributed by atoms with van der Waals surface area (Å²) in [6.45, 7) is 1.37. The second-order valence-electron chi connectivity index (χ2n) is 11.3. The fourth-order valence-electron chi connectivity index (χ4n) is 6.29. The van der Waals surface area contributed by atoms with Crippen molar-refractivity contribution in [2.45, 2.75) is 37.3 Å². The van der Waals surface area contributed by atoms with Crippen LogP contribution in [0.2, 0.25) is 5.02 Å². The number of nitrogens with zero attached hydrogens (tertiary/aromatic N) is 5. The van der Waals surface area contributed by atoms with Crippen LogP contribution in [-0.4, -0.2) is 77.9 Å². The molecule has 42 heavy (non-hydrogen) atoms. The van der Waals surface area contributed by atoms with Gasteiger partial charge in [0.1, 0.15) is 6.33 Å². The summed E-state index contributed by atoms with van der Waals surface area (Å²) in [6, 6.07) is 18.6. The SMILES string of the molecule is O=C(O)N1CC[C@@H](C(=O)N2CCC(O)(Cn3cnc4c(ccn4-c4ccc(Cl)cc4)c3=O)CC2)[C@H](c2ccccc2)C1. The molecule has 0 spiro atoms. The lowest BCUT2D eigenvalue weighted by molar-refractivity contribution is -0.142. The Labute approximate surface area is 247 Å². The molecule has 0 unspecified atom stereocenters. The highest BCUT2D eigenvalue weighted by Gasteiger charge is 2.41. The molecule has 11 heteroatoms. The van der Waals surface area contributed by atoms with Gasteiger partial charge in [0, 0.05) is 54.9 Å². The van der Waals surface area contributed by atoms with E-state index in [4.69, 9.17) is 11.6 Å². The van der Waals surface area contributed by atoms with Crippen molar-refractivity contribution in [1.82, 2.24) is 23.9 Å². The number of benzene rings is 2. The molecule has 2 atom stereocenters. The summed E-state index contributed by atoms with van der Waals surface area (Å²) in [5.41, 5.74) is 0.893. The van der Waals surface area contributed by atoms with Gasteiger partial charge in [-0.2, -0.15) is 0 Å². The number of carbonyl (C=O) groups excluding carboxylic acids is 1. The number of carboxylic acid groups (broad SMARTS) is 1. The molecule has 2 aliphatic heterocycles. The lowest BCUT2D eigenvalue weighted by Crippen LogP contribution is -2.53. The highest BCUT2D eigenvalue weighted by Crippen LogP contribution is 2.35. The molecule has 0 radical (unpaired) electrons. The van der Waals surface area contributed by atoms with Crippen LogP contribution in [0.25, 0.3) is 16.7 Å². The Morgan fingerprint density at radius 1 is 0.976 bits per heavy atom. The fourth-order valence-corrected chi connectivity index (χ4v) is 6.42.